The highest BCUT2D eigenvalue weighted by atomic mass is 32.1. The van der Waals surface area contributed by atoms with Crippen molar-refractivity contribution < 1.29 is 24.3 Å². The number of aromatic nitrogens is 3. The van der Waals surface area contributed by atoms with Crippen LogP contribution in [0.5, 0.6) is 0 Å². The summed E-state index contributed by atoms with van der Waals surface area (Å²) in [4.78, 5) is 62.7. The van der Waals surface area contributed by atoms with Gasteiger partial charge in [-0.05, 0) is 24.5 Å². The summed E-state index contributed by atoms with van der Waals surface area (Å²) in [5.74, 6) is -2.63. The second-order valence-electron chi connectivity index (χ2n) is 9.28. The molecule has 0 aliphatic carbocycles. The van der Waals surface area contributed by atoms with Crippen LogP contribution in [-0.2, 0) is 32.0 Å². The molecule has 3 heterocycles. The van der Waals surface area contributed by atoms with Crippen LogP contribution in [0.15, 0.2) is 43.0 Å². The fourth-order valence-electron chi connectivity index (χ4n) is 4.67. The van der Waals surface area contributed by atoms with Crippen molar-refractivity contribution in [1.29, 1.82) is 0 Å². The van der Waals surface area contributed by atoms with Gasteiger partial charge < -0.3 is 36.3 Å². The van der Waals surface area contributed by atoms with Crippen molar-refractivity contribution in [3.05, 3.63) is 54.2 Å². The van der Waals surface area contributed by atoms with Gasteiger partial charge in [-0.1, -0.05) is 18.2 Å². The standard InChI is InChI=1S/C25H31N7O5S/c26-17(12-38)22(33)30-19(9-15-11-27-13-29-15)24(35)32-7-3-6-21(32)23(34)31-20(25(36)37)8-14-10-28-18-5-2-1-4-16(14)18/h1-2,4-5,10-11,13,17,19-21,28,38H,3,6-9,12,26H2,(H,27,29)(H,30,33)(H,31,34)(H,36,37). The quantitative estimate of drug-likeness (QED) is 0.166. The van der Waals surface area contributed by atoms with Crippen LogP contribution in [0.3, 0.4) is 0 Å². The minimum Gasteiger partial charge on any atom is -0.480 e. The van der Waals surface area contributed by atoms with E-state index in [4.69, 9.17) is 5.73 Å². The molecule has 12 nitrogen and oxygen atoms in total. The number of carboxylic acid groups (broad SMARTS) is 1. The Bertz CT molecular complexity index is 1290. The summed E-state index contributed by atoms with van der Waals surface area (Å²) in [5, 5.41) is 16.0. The number of carboxylic acids is 1. The molecule has 0 saturated carbocycles. The maximum Gasteiger partial charge on any atom is 0.326 e. The fourth-order valence-corrected chi connectivity index (χ4v) is 4.84. The third-order valence-electron chi connectivity index (χ3n) is 6.68. The SMILES string of the molecule is NC(CS)C(=O)NC(Cc1cnc[nH]1)C(=O)N1CCCC1C(=O)NC(Cc1c[nH]c2ccccc12)C(=O)O. The molecule has 4 rings (SSSR count). The van der Waals surface area contributed by atoms with E-state index in [2.05, 4.69) is 38.2 Å². The number of aromatic amines is 2. The lowest BCUT2D eigenvalue weighted by atomic mass is 10.0. The molecule has 1 aromatic carbocycles. The van der Waals surface area contributed by atoms with Crippen LogP contribution >= 0.6 is 12.6 Å². The van der Waals surface area contributed by atoms with E-state index in [-0.39, 0.29) is 18.6 Å². The monoisotopic (exact) mass is 541 g/mol. The van der Waals surface area contributed by atoms with Gasteiger partial charge in [0.2, 0.25) is 17.7 Å². The van der Waals surface area contributed by atoms with E-state index in [1.807, 2.05) is 24.3 Å². The molecule has 3 aromatic rings. The first-order valence-corrected chi connectivity index (χ1v) is 12.9. The van der Waals surface area contributed by atoms with Crippen LogP contribution in [0.2, 0.25) is 0 Å². The minimum atomic E-state index is -1.19. The normalized spacial score (nSPS) is 17.6. The van der Waals surface area contributed by atoms with Gasteiger partial charge in [0.05, 0.1) is 12.4 Å². The number of likely N-dealkylation sites (tertiary alicyclic amines) is 1. The van der Waals surface area contributed by atoms with Crippen molar-refractivity contribution in [2.75, 3.05) is 12.3 Å². The summed E-state index contributed by atoms with van der Waals surface area (Å²) in [6.45, 7) is 0.297. The molecule has 1 saturated heterocycles. The summed E-state index contributed by atoms with van der Waals surface area (Å²) in [5.41, 5.74) is 8.03. The maximum absolute atomic E-state index is 13.6. The number of benzene rings is 1. The van der Waals surface area contributed by atoms with E-state index in [1.165, 1.54) is 11.2 Å². The first kappa shape index (κ1) is 27.2. The zero-order valence-electron chi connectivity index (χ0n) is 20.6. The number of nitrogens with one attached hydrogen (secondary N) is 4. The minimum absolute atomic E-state index is 0.0753. The number of para-hydroxylation sites is 1. The van der Waals surface area contributed by atoms with Gasteiger partial charge in [-0.15, -0.1) is 0 Å². The van der Waals surface area contributed by atoms with Crippen molar-refractivity contribution in [2.45, 2.75) is 49.9 Å². The number of hydrogen-bond acceptors (Lipinski definition) is 7. The molecule has 202 valence electrons. The molecule has 4 unspecified atom stereocenters. The third kappa shape index (κ3) is 6.17. The largest absolute Gasteiger partial charge is 0.480 e. The molecule has 13 heteroatoms. The lowest BCUT2D eigenvalue weighted by molar-refractivity contribution is -0.144. The number of amides is 3. The Balaban J connectivity index is 1.48. The molecule has 1 fully saturated rings. The number of imidazole rings is 1. The number of nitrogens with zero attached hydrogens (tertiary/aromatic N) is 2. The summed E-state index contributed by atoms with van der Waals surface area (Å²) in [6.07, 6.45) is 5.86. The van der Waals surface area contributed by atoms with Crippen molar-refractivity contribution in [1.82, 2.24) is 30.5 Å². The van der Waals surface area contributed by atoms with E-state index >= 15 is 0 Å². The molecule has 0 bridgehead atoms. The van der Waals surface area contributed by atoms with Crippen molar-refractivity contribution in [3.8, 4) is 0 Å². The summed E-state index contributed by atoms with van der Waals surface area (Å²) >= 11 is 4.05. The predicted octanol–water partition coefficient (Wildman–Crippen LogP) is -0.0215. The Morgan fingerprint density at radius 1 is 1.16 bits per heavy atom. The number of aliphatic carboxylic acids is 1. The van der Waals surface area contributed by atoms with Gasteiger partial charge in [0, 0.05) is 54.1 Å². The predicted molar refractivity (Wildman–Crippen MR) is 142 cm³/mol. The van der Waals surface area contributed by atoms with Crippen LogP contribution < -0.4 is 16.4 Å². The second kappa shape index (κ2) is 12.1. The number of hydrogen-bond donors (Lipinski definition) is 7. The smallest absolute Gasteiger partial charge is 0.326 e. The van der Waals surface area contributed by atoms with E-state index in [1.54, 1.807) is 12.4 Å². The van der Waals surface area contributed by atoms with E-state index in [0.717, 1.165) is 16.5 Å². The van der Waals surface area contributed by atoms with Crippen molar-refractivity contribution >= 4 is 47.2 Å². The van der Waals surface area contributed by atoms with E-state index in [9.17, 15) is 24.3 Å². The number of fused-ring (bicyclic) bond motifs is 1. The van der Waals surface area contributed by atoms with Crippen molar-refractivity contribution in [3.63, 3.8) is 0 Å². The first-order valence-electron chi connectivity index (χ1n) is 12.3. The molecule has 1 aliphatic rings. The van der Waals surface area contributed by atoms with Gasteiger partial charge >= 0.3 is 5.97 Å². The van der Waals surface area contributed by atoms with Gasteiger partial charge in [0.1, 0.15) is 18.1 Å². The zero-order valence-corrected chi connectivity index (χ0v) is 21.5. The van der Waals surface area contributed by atoms with Gasteiger partial charge in [-0.3, -0.25) is 14.4 Å². The third-order valence-corrected chi connectivity index (χ3v) is 7.07. The summed E-state index contributed by atoms with van der Waals surface area (Å²) in [7, 11) is 0. The number of rotatable bonds is 11. The number of nitrogens with two attached hydrogens (primary N) is 1. The maximum atomic E-state index is 13.6. The molecule has 7 N–H and O–H groups in total. The van der Waals surface area contributed by atoms with E-state index < -0.39 is 47.9 Å². The Kier molecular flexibility index (Phi) is 8.69. The topological polar surface area (TPSA) is 186 Å². The Hall–Kier alpha value is -3.84. The Morgan fingerprint density at radius 3 is 2.66 bits per heavy atom. The van der Waals surface area contributed by atoms with Crippen LogP contribution in [0.25, 0.3) is 10.9 Å². The first-order chi connectivity index (χ1) is 18.3. The van der Waals surface area contributed by atoms with Gasteiger partial charge in [0.15, 0.2) is 0 Å². The van der Waals surface area contributed by atoms with Crippen LogP contribution in [0, 0.1) is 0 Å². The number of thiol groups is 1. The Labute approximate surface area is 224 Å². The summed E-state index contributed by atoms with van der Waals surface area (Å²) < 4.78 is 0. The van der Waals surface area contributed by atoms with Gasteiger partial charge in [-0.25, -0.2) is 9.78 Å². The molecule has 3 amide bonds. The highest BCUT2D eigenvalue weighted by Crippen LogP contribution is 2.22. The lowest BCUT2D eigenvalue weighted by Crippen LogP contribution is -2.57. The molecular weight excluding hydrogens is 510 g/mol. The number of carbonyl (C=O) groups excluding carboxylic acids is 3. The molecule has 1 aliphatic heterocycles. The zero-order chi connectivity index (χ0) is 27.2. The molecule has 0 radical (unpaired) electrons. The Morgan fingerprint density at radius 2 is 1.95 bits per heavy atom. The highest BCUT2D eigenvalue weighted by molar-refractivity contribution is 7.80. The molecule has 2 aromatic heterocycles. The molecule has 4 atom stereocenters. The van der Waals surface area contributed by atoms with Crippen LogP contribution in [0.4, 0.5) is 0 Å². The van der Waals surface area contributed by atoms with Gasteiger partial charge in [-0.2, -0.15) is 12.6 Å². The second-order valence-corrected chi connectivity index (χ2v) is 9.65. The number of H-pyrrole nitrogens is 2. The number of carbonyl (C=O) groups is 4. The molecular formula is C25H31N7O5S. The average Bonchev–Trinajstić information content (AvgIpc) is 3.68. The highest BCUT2D eigenvalue weighted by Gasteiger charge is 2.39. The lowest BCUT2D eigenvalue weighted by Gasteiger charge is -2.29. The van der Waals surface area contributed by atoms with Crippen LogP contribution in [0.1, 0.15) is 24.1 Å². The van der Waals surface area contributed by atoms with Gasteiger partial charge in [0.25, 0.3) is 0 Å². The van der Waals surface area contributed by atoms with E-state index in [0.29, 0.717) is 25.1 Å². The average molecular weight is 542 g/mol. The van der Waals surface area contributed by atoms with Crippen LogP contribution in [-0.4, -0.2) is 85.1 Å². The summed E-state index contributed by atoms with van der Waals surface area (Å²) in [6, 6.07) is 3.54. The fraction of sp³-hybridized carbons (Fsp3) is 0.400. The molecule has 0 spiro atoms. The van der Waals surface area contributed by atoms with Crippen molar-refractivity contribution in [2.24, 2.45) is 5.73 Å². The molecule has 38 heavy (non-hydrogen) atoms.